The molecule has 0 radical (unpaired) electrons. The van der Waals surface area contributed by atoms with Crippen molar-refractivity contribution in [3.05, 3.63) is 47.5 Å². The number of aryl methyl sites for hydroxylation is 2. The highest BCUT2D eigenvalue weighted by Crippen LogP contribution is 2.31. The summed E-state index contributed by atoms with van der Waals surface area (Å²) in [7, 11) is 3.12. The van der Waals surface area contributed by atoms with Gasteiger partial charge in [0.25, 0.3) is 0 Å². The molecule has 1 aromatic heterocycles. The molecule has 0 saturated carbocycles. The Morgan fingerprint density at radius 2 is 1.76 bits per heavy atom. The third kappa shape index (κ3) is 5.61. The second-order valence-corrected chi connectivity index (χ2v) is 8.40. The summed E-state index contributed by atoms with van der Waals surface area (Å²) in [6.07, 6.45) is 0. The van der Waals surface area contributed by atoms with Crippen molar-refractivity contribution >= 4 is 45.5 Å². The SMILES string of the molecule is COc1ccc(NC(=O)CSc2nnc(Nc3ccc(C)c(C)c3)s2)cc1OC. The summed E-state index contributed by atoms with van der Waals surface area (Å²) >= 11 is 2.75. The topological polar surface area (TPSA) is 85.4 Å². The molecule has 0 bridgehead atoms. The molecular weight excluding hydrogens is 408 g/mol. The van der Waals surface area contributed by atoms with Crippen molar-refractivity contribution in [2.45, 2.75) is 18.2 Å². The molecule has 2 N–H and O–H groups in total. The fourth-order valence-electron chi connectivity index (χ4n) is 2.50. The Bertz CT molecular complexity index is 1010. The molecule has 0 aliphatic rings. The van der Waals surface area contributed by atoms with Crippen molar-refractivity contribution in [1.29, 1.82) is 0 Å². The number of aromatic nitrogens is 2. The Morgan fingerprint density at radius 1 is 1.00 bits per heavy atom. The molecule has 0 unspecified atom stereocenters. The van der Waals surface area contributed by atoms with Crippen LogP contribution in [-0.2, 0) is 4.79 Å². The number of ether oxygens (including phenoxy) is 2. The van der Waals surface area contributed by atoms with Crippen LogP contribution in [-0.4, -0.2) is 36.1 Å². The number of anilines is 3. The molecule has 1 amide bonds. The molecule has 0 spiro atoms. The fourth-order valence-corrected chi connectivity index (χ4v) is 4.07. The molecule has 7 nitrogen and oxygen atoms in total. The molecule has 9 heteroatoms. The summed E-state index contributed by atoms with van der Waals surface area (Å²) in [5, 5.41) is 15.1. The predicted octanol–water partition coefficient (Wildman–Crippen LogP) is 4.65. The van der Waals surface area contributed by atoms with E-state index >= 15 is 0 Å². The molecular formula is C20H22N4O3S2. The highest BCUT2D eigenvalue weighted by Gasteiger charge is 2.11. The first-order valence-electron chi connectivity index (χ1n) is 8.81. The quantitative estimate of drug-likeness (QED) is 0.503. The second kappa shape index (κ2) is 9.62. The van der Waals surface area contributed by atoms with Gasteiger partial charge in [-0.15, -0.1) is 10.2 Å². The Morgan fingerprint density at radius 3 is 2.48 bits per heavy atom. The maximum Gasteiger partial charge on any atom is 0.234 e. The molecule has 152 valence electrons. The van der Waals surface area contributed by atoms with Crippen LogP contribution in [0.2, 0.25) is 0 Å². The summed E-state index contributed by atoms with van der Waals surface area (Å²) in [6, 6.07) is 11.4. The third-order valence-corrected chi connectivity index (χ3v) is 6.13. The molecule has 2 aromatic carbocycles. The van der Waals surface area contributed by atoms with Crippen LogP contribution in [0.5, 0.6) is 11.5 Å². The highest BCUT2D eigenvalue weighted by molar-refractivity contribution is 8.01. The van der Waals surface area contributed by atoms with E-state index in [9.17, 15) is 4.79 Å². The lowest BCUT2D eigenvalue weighted by Gasteiger charge is -2.10. The van der Waals surface area contributed by atoms with Crippen LogP contribution in [0, 0.1) is 13.8 Å². The van der Waals surface area contributed by atoms with E-state index in [2.05, 4.69) is 46.8 Å². The van der Waals surface area contributed by atoms with E-state index < -0.39 is 0 Å². The van der Waals surface area contributed by atoms with Gasteiger partial charge >= 0.3 is 0 Å². The van der Waals surface area contributed by atoms with Crippen LogP contribution in [0.3, 0.4) is 0 Å². The predicted molar refractivity (Wildman–Crippen MR) is 118 cm³/mol. The minimum atomic E-state index is -0.138. The van der Waals surface area contributed by atoms with Gasteiger partial charge in [-0.2, -0.15) is 0 Å². The van der Waals surface area contributed by atoms with Gasteiger partial charge in [-0.3, -0.25) is 4.79 Å². The Hall–Kier alpha value is -2.78. The number of carbonyl (C=O) groups excluding carboxylic acids is 1. The number of rotatable bonds is 8. The van der Waals surface area contributed by atoms with Crippen molar-refractivity contribution in [3.63, 3.8) is 0 Å². The van der Waals surface area contributed by atoms with Crippen LogP contribution in [0.1, 0.15) is 11.1 Å². The minimum absolute atomic E-state index is 0.138. The van der Waals surface area contributed by atoms with Gasteiger partial charge in [0, 0.05) is 17.4 Å². The van der Waals surface area contributed by atoms with Gasteiger partial charge in [0.15, 0.2) is 15.8 Å². The monoisotopic (exact) mass is 430 g/mol. The zero-order valence-corrected chi connectivity index (χ0v) is 18.2. The van der Waals surface area contributed by atoms with Gasteiger partial charge in [-0.05, 0) is 49.2 Å². The van der Waals surface area contributed by atoms with Crippen LogP contribution in [0.25, 0.3) is 0 Å². The Kier molecular flexibility index (Phi) is 6.95. The summed E-state index contributed by atoms with van der Waals surface area (Å²) < 4.78 is 11.2. The van der Waals surface area contributed by atoms with E-state index in [0.717, 1.165) is 10.0 Å². The van der Waals surface area contributed by atoms with Gasteiger partial charge in [-0.1, -0.05) is 29.2 Å². The molecule has 0 aliphatic carbocycles. The standard InChI is InChI=1S/C20H22N4O3S2/c1-12-5-6-14(9-13(12)2)22-19-23-24-20(29-19)28-11-18(25)21-15-7-8-16(26-3)17(10-15)27-4/h5-10H,11H2,1-4H3,(H,21,25)(H,22,23). The number of hydrogen-bond acceptors (Lipinski definition) is 8. The van der Waals surface area contributed by atoms with Crippen LogP contribution < -0.4 is 20.1 Å². The fraction of sp³-hybridized carbons (Fsp3) is 0.250. The number of benzene rings is 2. The van der Waals surface area contributed by atoms with Gasteiger partial charge < -0.3 is 20.1 Å². The summed E-state index contributed by atoms with van der Waals surface area (Å²) in [5.74, 6) is 1.26. The molecule has 0 atom stereocenters. The first-order chi connectivity index (χ1) is 14.0. The average Bonchev–Trinajstić information content (AvgIpc) is 3.16. The summed E-state index contributed by atoms with van der Waals surface area (Å²) in [4.78, 5) is 12.2. The lowest BCUT2D eigenvalue weighted by Crippen LogP contribution is -2.14. The van der Waals surface area contributed by atoms with Gasteiger partial charge in [0.05, 0.1) is 20.0 Å². The maximum absolute atomic E-state index is 12.2. The normalized spacial score (nSPS) is 10.5. The van der Waals surface area contributed by atoms with Crippen molar-refractivity contribution in [3.8, 4) is 11.5 Å². The zero-order chi connectivity index (χ0) is 20.8. The van der Waals surface area contributed by atoms with E-state index in [1.807, 2.05) is 6.07 Å². The molecule has 3 rings (SSSR count). The molecule has 0 saturated heterocycles. The van der Waals surface area contributed by atoms with Crippen molar-refractivity contribution in [2.24, 2.45) is 0 Å². The number of nitrogens with zero attached hydrogens (tertiary/aromatic N) is 2. The van der Waals surface area contributed by atoms with Crippen molar-refractivity contribution in [2.75, 3.05) is 30.6 Å². The lowest BCUT2D eigenvalue weighted by molar-refractivity contribution is -0.113. The number of methoxy groups -OCH3 is 2. The van der Waals surface area contributed by atoms with Crippen molar-refractivity contribution in [1.82, 2.24) is 10.2 Å². The highest BCUT2D eigenvalue weighted by atomic mass is 32.2. The van der Waals surface area contributed by atoms with E-state index in [1.54, 1.807) is 32.4 Å². The molecule has 0 fully saturated rings. The Balaban J connectivity index is 1.54. The summed E-state index contributed by atoms with van der Waals surface area (Å²) in [5.41, 5.74) is 4.06. The number of thioether (sulfide) groups is 1. The van der Waals surface area contributed by atoms with E-state index in [-0.39, 0.29) is 11.7 Å². The van der Waals surface area contributed by atoms with E-state index in [1.165, 1.54) is 34.2 Å². The van der Waals surface area contributed by atoms with Crippen molar-refractivity contribution < 1.29 is 14.3 Å². The van der Waals surface area contributed by atoms with Gasteiger partial charge in [-0.25, -0.2) is 0 Å². The van der Waals surface area contributed by atoms with Crippen LogP contribution in [0.4, 0.5) is 16.5 Å². The number of carbonyl (C=O) groups is 1. The maximum atomic E-state index is 12.2. The smallest absolute Gasteiger partial charge is 0.234 e. The Labute approximate surface area is 177 Å². The number of nitrogens with one attached hydrogen (secondary N) is 2. The van der Waals surface area contributed by atoms with Gasteiger partial charge in [0.1, 0.15) is 0 Å². The van der Waals surface area contributed by atoms with E-state index in [4.69, 9.17) is 9.47 Å². The number of hydrogen-bond donors (Lipinski definition) is 2. The third-order valence-electron chi connectivity index (χ3n) is 4.16. The molecule has 0 aliphatic heterocycles. The second-order valence-electron chi connectivity index (χ2n) is 6.20. The van der Waals surface area contributed by atoms with E-state index in [0.29, 0.717) is 22.3 Å². The molecule has 29 heavy (non-hydrogen) atoms. The molecule has 1 heterocycles. The lowest BCUT2D eigenvalue weighted by atomic mass is 10.1. The van der Waals surface area contributed by atoms with Crippen LogP contribution in [0.15, 0.2) is 40.7 Å². The average molecular weight is 431 g/mol. The molecule has 3 aromatic rings. The number of amides is 1. The first kappa shape index (κ1) is 20.9. The van der Waals surface area contributed by atoms with Crippen LogP contribution >= 0.6 is 23.1 Å². The summed E-state index contributed by atoms with van der Waals surface area (Å²) in [6.45, 7) is 4.14. The van der Waals surface area contributed by atoms with Gasteiger partial charge in [0.2, 0.25) is 11.0 Å². The minimum Gasteiger partial charge on any atom is -0.493 e. The zero-order valence-electron chi connectivity index (χ0n) is 16.6. The first-order valence-corrected chi connectivity index (χ1v) is 10.6. The largest absolute Gasteiger partial charge is 0.493 e.